The molecule has 0 spiro atoms. The molecule has 0 radical (unpaired) electrons. The quantitative estimate of drug-likeness (QED) is 0.302. The minimum absolute atomic E-state index is 0.0229. The first-order chi connectivity index (χ1) is 21.5. The summed E-state index contributed by atoms with van der Waals surface area (Å²) in [6.07, 6.45) is 0.642. The van der Waals surface area contributed by atoms with Crippen LogP contribution in [0.5, 0.6) is 11.5 Å². The molecule has 4 N–H and O–H groups in total. The van der Waals surface area contributed by atoms with Crippen LogP contribution < -0.4 is 10.5 Å². The highest BCUT2D eigenvalue weighted by atomic mass is 16.5. The van der Waals surface area contributed by atoms with Crippen molar-refractivity contribution in [2.75, 3.05) is 7.11 Å². The Morgan fingerprint density at radius 2 is 1.69 bits per heavy atom. The Morgan fingerprint density at radius 1 is 1.00 bits per heavy atom. The number of Topliss-reactive ketones (excluding diaryl/α,β-unsaturated/α-hetero) is 4. The SMILES string of the molecule is CCc1ccc(-c2cc(C#Cc3ccc(OC)cc3)c(O)c3c2C[C@H]2C[C@H]4CC(=O)C(C(N)=O)C(=O)[C@@]4(O)C(=O)C2C3=O)cc1. The minimum atomic E-state index is -2.71. The lowest BCUT2D eigenvalue weighted by atomic mass is 9.53. The van der Waals surface area contributed by atoms with Gasteiger partial charge in [-0.25, -0.2) is 0 Å². The number of ether oxygens (including phenoxy) is 1. The largest absolute Gasteiger partial charge is 0.506 e. The lowest BCUT2D eigenvalue weighted by Gasteiger charge is -2.48. The number of aromatic hydroxyl groups is 1. The third-order valence-corrected chi connectivity index (χ3v) is 9.51. The van der Waals surface area contributed by atoms with Crippen LogP contribution >= 0.6 is 0 Å². The van der Waals surface area contributed by atoms with Crippen LogP contribution in [0.1, 0.15) is 52.4 Å². The summed E-state index contributed by atoms with van der Waals surface area (Å²) in [6.45, 7) is 2.04. The number of methoxy groups -OCH3 is 1. The minimum Gasteiger partial charge on any atom is -0.506 e. The monoisotopic (exact) mass is 605 g/mol. The third kappa shape index (κ3) is 4.73. The first-order valence-electron chi connectivity index (χ1n) is 14.8. The van der Waals surface area contributed by atoms with Crippen molar-refractivity contribution in [3.8, 4) is 34.5 Å². The van der Waals surface area contributed by atoms with Gasteiger partial charge in [0.1, 0.15) is 11.5 Å². The second kappa shape index (κ2) is 11.1. The lowest BCUT2D eigenvalue weighted by molar-refractivity contribution is -0.175. The fraction of sp³-hybridized carbons (Fsp3) is 0.306. The zero-order valence-electron chi connectivity index (χ0n) is 24.8. The van der Waals surface area contributed by atoms with Crippen LogP contribution in [0, 0.1) is 35.5 Å². The van der Waals surface area contributed by atoms with Crippen molar-refractivity contribution in [1.29, 1.82) is 0 Å². The van der Waals surface area contributed by atoms with Crippen LogP contribution in [0.15, 0.2) is 54.6 Å². The molecule has 9 heteroatoms. The predicted octanol–water partition coefficient (Wildman–Crippen LogP) is 2.96. The van der Waals surface area contributed by atoms with Crippen LogP contribution in [-0.4, -0.2) is 52.0 Å². The van der Waals surface area contributed by atoms with E-state index in [2.05, 4.69) is 11.8 Å². The van der Waals surface area contributed by atoms with Gasteiger partial charge in [0.2, 0.25) is 5.91 Å². The number of carbonyl (C=O) groups is 5. The number of ketones is 4. The van der Waals surface area contributed by atoms with Crippen molar-refractivity contribution >= 4 is 29.0 Å². The zero-order valence-corrected chi connectivity index (χ0v) is 24.8. The molecule has 3 aromatic carbocycles. The molecule has 2 fully saturated rings. The molecule has 0 aliphatic heterocycles. The summed E-state index contributed by atoms with van der Waals surface area (Å²) in [5, 5.41) is 23.0. The topological polar surface area (TPSA) is 161 Å². The van der Waals surface area contributed by atoms with E-state index >= 15 is 0 Å². The fourth-order valence-electron chi connectivity index (χ4n) is 7.12. The number of benzene rings is 3. The Bertz CT molecular complexity index is 1850. The van der Waals surface area contributed by atoms with Gasteiger partial charge in [-0.15, -0.1) is 0 Å². The van der Waals surface area contributed by atoms with Gasteiger partial charge in [-0.1, -0.05) is 43.0 Å². The number of rotatable bonds is 4. The Kier molecular flexibility index (Phi) is 7.42. The van der Waals surface area contributed by atoms with Gasteiger partial charge < -0.3 is 20.7 Å². The number of primary amides is 1. The number of amides is 1. The summed E-state index contributed by atoms with van der Waals surface area (Å²) in [7, 11) is 1.55. The first kappa shape index (κ1) is 30.0. The summed E-state index contributed by atoms with van der Waals surface area (Å²) < 4.78 is 5.20. The molecule has 9 nitrogen and oxygen atoms in total. The van der Waals surface area contributed by atoms with Crippen LogP contribution in [0.25, 0.3) is 11.1 Å². The van der Waals surface area contributed by atoms with Gasteiger partial charge in [-0.3, -0.25) is 24.0 Å². The van der Waals surface area contributed by atoms with Crippen LogP contribution in [-0.2, 0) is 32.0 Å². The van der Waals surface area contributed by atoms with E-state index in [1.165, 1.54) is 0 Å². The maximum Gasteiger partial charge on any atom is 0.235 e. The molecule has 228 valence electrons. The van der Waals surface area contributed by atoms with Gasteiger partial charge in [-0.2, -0.15) is 0 Å². The summed E-state index contributed by atoms with van der Waals surface area (Å²) in [6, 6.07) is 16.5. The van der Waals surface area contributed by atoms with Crippen LogP contribution in [0.4, 0.5) is 0 Å². The lowest BCUT2D eigenvalue weighted by Crippen LogP contribution is -2.68. The molecule has 3 aliphatic rings. The summed E-state index contributed by atoms with van der Waals surface area (Å²) in [4.78, 5) is 66.1. The summed E-state index contributed by atoms with van der Waals surface area (Å²) >= 11 is 0. The number of hydrogen-bond acceptors (Lipinski definition) is 8. The van der Waals surface area contributed by atoms with Gasteiger partial charge in [0, 0.05) is 17.9 Å². The van der Waals surface area contributed by atoms with Crippen molar-refractivity contribution < 1.29 is 38.9 Å². The smallest absolute Gasteiger partial charge is 0.235 e. The van der Waals surface area contributed by atoms with Gasteiger partial charge in [0.25, 0.3) is 0 Å². The van der Waals surface area contributed by atoms with Crippen molar-refractivity contribution in [2.45, 2.75) is 38.2 Å². The molecule has 0 heterocycles. The molecule has 1 amide bonds. The molecule has 5 atom stereocenters. The summed E-state index contributed by atoms with van der Waals surface area (Å²) in [5.74, 6) is -4.00. The van der Waals surface area contributed by atoms with E-state index in [9.17, 15) is 34.2 Å². The van der Waals surface area contributed by atoms with E-state index in [-0.39, 0.29) is 30.4 Å². The number of carbonyl (C=O) groups excluding carboxylic acids is 5. The highest BCUT2D eigenvalue weighted by molar-refractivity contribution is 6.31. The average Bonchev–Trinajstić information content (AvgIpc) is 3.02. The molecule has 3 aliphatic carbocycles. The number of aryl methyl sites for hydroxylation is 1. The van der Waals surface area contributed by atoms with Crippen molar-refractivity contribution in [1.82, 2.24) is 0 Å². The van der Waals surface area contributed by atoms with E-state index in [0.717, 1.165) is 17.5 Å². The Balaban J connectivity index is 1.49. The molecule has 2 saturated carbocycles. The predicted molar refractivity (Wildman–Crippen MR) is 162 cm³/mol. The molecular weight excluding hydrogens is 574 g/mol. The third-order valence-electron chi connectivity index (χ3n) is 9.51. The van der Waals surface area contributed by atoms with Crippen molar-refractivity contribution in [3.05, 3.63) is 82.4 Å². The standard InChI is InChI=1S/C36H31NO8/c1-3-18-4-9-20(10-5-18)25-15-21(11-6-19-7-12-24(45-2)13-8-19)31(39)29-26(25)16-22-14-23-17-27(38)30(35(37)43)34(42)36(23,44)33(41)28(22)32(29)40/h4-5,7-10,12-13,15,22-23,28,30,39,44H,3,14,16-17H2,1-2H3,(H2,37,43)/t22-,23+,28?,30?,36+/m1/s1. The maximum absolute atomic E-state index is 14.2. The number of hydrogen-bond donors (Lipinski definition) is 3. The first-order valence-corrected chi connectivity index (χ1v) is 14.8. The van der Waals surface area contributed by atoms with Gasteiger partial charge in [0.15, 0.2) is 34.7 Å². The Labute approximate surface area is 259 Å². The number of fused-ring (bicyclic) bond motifs is 3. The number of phenols is 1. The molecule has 2 unspecified atom stereocenters. The van der Waals surface area contributed by atoms with E-state index < -0.39 is 64.1 Å². The normalized spacial score (nSPS) is 25.4. The average molecular weight is 606 g/mol. The highest BCUT2D eigenvalue weighted by Gasteiger charge is 2.66. The summed E-state index contributed by atoms with van der Waals surface area (Å²) in [5.41, 5.74) is 6.38. The van der Waals surface area contributed by atoms with E-state index in [4.69, 9.17) is 10.5 Å². The zero-order chi connectivity index (χ0) is 32.2. The van der Waals surface area contributed by atoms with Gasteiger partial charge in [0.05, 0.1) is 24.2 Å². The number of phenolic OH excluding ortho intramolecular Hbond substituents is 1. The van der Waals surface area contributed by atoms with E-state index in [1.54, 1.807) is 37.4 Å². The number of aliphatic hydroxyl groups is 1. The van der Waals surface area contributed by atoms with Gasteiger partial charge >= 0.3 is 0 Å². The molecule has 0 aromatic heterocycles. The molecule has 0 saturated heterocycles. The molecule has 3 aromatic rings. The maximum atomic E-state index is 14.2. The van der Waals surface area contributed by atoms with Crippen LogP contribution in [0.2, 0.25) is 0 Å². The molecule has 45 heavy (non-hydrogen) atoms. The van der Waals surface area contributed by atoms with E-state index in [1.807, 2.05) is 31.2 Å². The Hall–Kier alpha value is -5.07. The number of nitrogens with two attached hydrogens (primary N) is 1. The second-order valence-electron chi connectivity index (χ2n) is 11.9. The highest BCUT2D eigenvalue weighted by Crippen LogP contribution is 2.51. The van der Waals surface area contributed by atoms with Crippen LogP contribution in [0.3, 0.4) is 0 Å². The van der Waals surface area contributed by atoms with Crippen molar-refractivity contribution in [2.24, 2.45) is 29.4 Å². The van der Waals surface area contributed by atoms with E-state index in [0.29, 0.717) is 22.4 Å². The Morgan fingerprint density at radius 3 is 2.31 bits per heavy atom. The van der Waals surface area contributed by atoms with Gasteiger partial charge in [-0.05, 0) is 77.8 Å². The second-order valence-corrected chi connectivity index (χ2v) is 11.9. The molecular formula is C36H31NO8. The molecule has 6 rings (SSSR count). The van der Waals surface area contributed by atoms with Crippen molar-refractivity contribution in [3.63, 3.8) is 0 Å². The fourth-order valence-corrected chi connectivity index (χ4v) is 7.12. The molecule has 0 bridgehead atoms.